The number of rotatable bonds is 3. The molecule has 1 unspecified atom stereocenters. The normalized spacial score (nSPS) is 18.2. The van der Waals surface area contributed by atoms with Crippen LogP contribution in [0.5, 0.6) is 0 Å². The average molecular weight is 395 g/mol. The minimum Gasteiger partial charge on any atom is -1.00 e. The van der Waals surface area contributed by atoms with Crippen LogP contribution in [0.4, 0.5) is 0 Å². The van der Waals surface area contributed by atoms with E-state index in [9.17, 15) is 0 Å². The van der Waals surface area contributed by atoms with Crippen molar-refractivity contribution in [2.75, 3.05) is 0 Å². The number of tetrazole rings is 1. The first kappa shape index (κ1) is 19.1. The number of hydrogen-bond donors (Lipinski definition) is 0. The van der Waals surface area contributed by atoms with Crippen molar-refractivity contribution in [2.45, 2.75) is 24.5 Å². The molecule has 1 atom stereocenters. The van der Waals surface area contributed by atoms with E-state index in [2.05, 4.69) is 65.7 Å². The van der Waals surface area contributed by atoms with Crippen LogP contribution in [-0.4, -0.2) is 20.2 Å². The van der Waals surface area contributed by atoms with Gasteiger partial charge in [0.2, 0.25) is 0 Å². The quantitative estimate of drug-likeness (QED) is 0.538. The number of allylic oxidation sites excluding steroid dienone is 5. The maximum absolute atomic E-state index is 4.26. The molecule has 24 heavy (non-hydrogen) atoms. The summed E-state index contributed by atoms with van der Waals surface area (Å²) in [7, 11) is 0. The Morgan fingerprint density at radius 3 is 2.62 bits per heavy atom. The Bertz CT molecular complexity index is 825. The van der Waals surface area contributed by atoms with Gasteiger partial charge in [-0.1, -0.05) is 0 Å². The van der Waals surface area contributed by atoms with Gasteiger partial charge in [-0.25, -0.2) is 0 Å². The van der Waals surface area contributed by atoms with Gasteiger partial charge in [-0.05, 0) is 0 Å². The molecule has 1 aromatic carbocycles. The van der Waals surface area contributed by atoms with Crippen LogP contribution in [-0.2, 0) is 19.2 Å². The zero-order valence-corrected chi connectivity index (χ0v) is 16.4. The van der Waals surface area contributed by atoms with Crippen LogP contribution in [0, 0.1) is 0 Å². The van der Waals surface area contributed by atoms with Crippen molar-refractivity contribution in [1.82, 2.24) is 20.2 Å². The molecule has 7 heteroatoms. The molecule has 1 aromatic heterocycles. The molecule has 0 spiro atoms. The van der Waals surface area contributed by atoms with Gasteiger partial charge in [-0.3, -0.25) is 0 Å². The van der Waals surface area contributed by atoms with Gasteiger partial charge in [0, 0.05) is 0 Å². The number of benzene rings is 1. The molecule has 2 aromatic rings. The summed E-state index contributed by atoms with van der Waals surface area (Å²) in [5, 5.41) is 12.3. The molecular weight excluding hydrogens is 379 g/mol. The molecule has 4 nitrogen and oxygen atoms in total. The fraction of sp³-hybridized carbons (Fsp3) is 0.235. The molecule has 0 radical (unpaired) electrons. The third-order valence-electron chi connectivity index (χ3n) is 4.46. The molecule has 0 amide bonds. The second-order valence-electron chi connectivity index (χ2n) is 5.70. The van der Waals surface area contributed by atoms with Crippen LogP contribution in [0.2, 0.25) is 0 Å². The van der Waals surface area contributed by atoms with Crippen molar-refractivity contribution >= 4 is 11.8 Å². The second-order valence-corrected chi connectivity index (χ2v) is 7.99. The minimum absolute atomic E-state index is 0. The Labute approximate surface area is 162 Å². The Hall–Kier alpha value is -1.20. The zero-order chi connectivity index (χ0) is 15.1. The number of hydrogen-bond acceptors (Lipinski definition) is 3. The van der Waals surface area contributed by atoms with Crippen LogP contribution in [0.3, 0.4) is 0 Å². The van der Waals surface area contributed by atoms with E-state index >= 15 is 0 Å². The van der Waals surface area contributed by atoms with Gasteiger partial charge < -0.3 is 24.8 Å². The van der Waals surface area contributed by atoms with Gasteiger partial charge in [0.1, 0.15) is 0 Å². The summed E-state index contributed by atoms with van der Waals surface area (Å²) in [4.78, 5) is 1.69. The smallest absolute Gasteiger partial charge is 1.00 e. The van der Waals surface area contributed by atoms with Gasteiger partial charge in [0.05, 0.1) is 0 Å². The van der Waals surface area contributed by atoms with Gasteiger partial charge >= 0.3 is 138 Å². The van der Waals surface area contributed by atoms with Crippen LogP contribution in [0.15, 0.2) is 51.7 Å². The van der Waals surface area contributed by atoms with Gasteiger partial charge in [0.25, 0.3) is 0 Å². The van der Waals surface area contributed by atoms with Crippen molar-refractivity contribution in [3.63, 3.8) is 0 Å². The van der Waals surface area contributed by atoms with Gasteiger partial charge in [-0.15, -0.1) is 0 Å². The molecule has 0 saturated carbocycles. The number of fused-ring (bicyclic) bond motifs is 1. The topological polar surface area (TPSA) is 43.6 Å². The molecule has 0 bridgehead atoms. The van der Waals surface area contributed by atoms with Crippen molar-refractivity contribution in [1.29, 1.82) is 0 Å². The summed E-state index contributed by atoms with van der Waals surface area (Å²) < 4.78 is 2.07. The van der Waals surface area contributed by atoms with E-state index in [1.807, 2.05) is 0 Å². The molecule has 2 aliphatic rings. The largest absolute Gasteiger partial charge is 1.00 e. The summed E-state index contributed by atoms with van der Waals surface area (Å²) in [5.41, 5.74) is 6.82. The van der Waals surface area contributed by atoms with E-state index in [0.29, 0.717) is 4.22 Å². The average Bonchev–Trinajstić information content (AvgIpc) is 3.23. The Morgan fingerprint density at radius 2 is 1.96 bits per heavy atom. The van der Waals surface area contributed by atoms with Gasteiger partial charge in [0.15, 0.2) is 0 Å². The molecule has 0 aliphatic heterocycles. The van der Waals surface area contributed by atoms with Crippen LogP contribution in [0.25, 0.3) is 11.8 Å². The SMILES string of the molecule is CC1=CC[C]([Ti+2][CH]2C(n3ncnn3)=Cc3ccccc32)=C1C.[Cl-].[Cl-]. The summed E-state index contributed by atoms with van der Waals surface area (Å²) in [6.45, 7) is 4.47. The van der Waals surface area contributed by atoms with E-state index in [0.717, 1.165) is 6.42 Å². The first-order valence-electron chi connectivity index (χ1n) is 7.41. The Kier molecular flexibility index (Phi) is 6.21. The molecule has 2 aliphatic carbocycles. The van der Waals surface area contributed by atoms with Crippen molar-refractivity contribution < 1.29 is 44.0 Å². The van der Waals surface area contributed by atoms with Crippen molar-refractivity contribution in [3.05, 3.63) is 62.8 Å². The predicted molar refractivity (Wildman–Crippen MR) is 82.2 cm³/mol. The van der Waals surface area contributed by atoms with E-state index in [4.69, 9.17) is 0 Å². The Balaban J connectivity index is 0.00000104. The monoisotopic (exact) mass is 394 g/mol. The molecule has 0 saturated heterocycles. The maximum atomic E-state index is 4.26. The second kappa shape index (κ2) is 7.79. The maximum Gasteiger partial charge on any atom is -1.00 e. The predicted octanol–water partition coefficient (Wildman–Crippen LogP) is -2.56. The first-order chi connectivity index (χ1) is 10.7. The van der Waals surface area contributed by atoms with E-state index in [1.54, 1.807) is 8.67 Å². The molecule has 0 fully saturated rings. The molecular formula is C17H16Cl2N4Ti. The van der Waals surface area contributed by atoms with Crippen molar-refractivity contribution in [2.24, 2.45) is 0 Å². The van der Waals surface area contributed by atoms with E-state index < -0.39 is 0 Å². The number of nitrogens with zero attached hydrogens (tertiary/aromatic N) is 4. The van der Waals surface area contributed by atoms with Crippen LogP contribution in [0.1, 0.15) is 35.6 Å². The summed E-state index contributed by atoms with van der Waals surface area (Å²) in [6, 6.07) is 8.64. The fourth-order valence-corrected chi connectivity index (χ4v) is 5.79. The standard InChI is InChI=1S/C10H7N4.C7H9.2ClH.Ti/c1-2-4-9-6-10(5-8(9)3-1)14-12-7-11-13-14;1-6-4-3-5-7(6)2;;;/h1-7H;4H,3H2,1-2H3;2*1H;/q;;;;+2/p-2. The molecule has 0 N–H and O–H groups in total. The summed E-state index contributed by atoms with van der Waals surface area (Å²) in [6.07, 6.45) is 7.20. The van der Waals surface area contributed by atoms with Crippen LogP contribution >= 0.6 is 0 Å². The van der Waals surface area contributed by atoms with Gasteiger partial charge in [-0.2, -0.15) is 0 Å². The number of halogens is 2. The van der Waals surface area contributed by atoms with E-state index in [1.165, 1.54) is 34.3 Å². The third kappa shape index (κ3) is 3.29. The zero-order valence-electron chi connectivity index (χ0n) is 13.4. The van der Waals surface area contributed by atoms with Crippen LogP contribution < -0.4 is 24.8 Å². The Morgan fingerprint density at radius 1 is 1.17 bits per heavy atom. The van der Waals surface area contributed by atoms with Crippen molar-refractivity contribution in [3.8, 4) is 0 Å². The molecule has 4 rings (SSSR count). The van der Waals surface area contributed by atoms with E-state index in [-0.39, 0.29) is 44.0 Å². The summed E-state index contributed by atoms with van der Waals surface area (Å²) >= 11 is -0.315. The minimum atomic E-state index is -0.315. The number of aromatic nitrogens is 4. The molecule has 122 valence electrons. The fourth-order valence-electron chi connectivity index (χ4n) is 3.06. The third-order valence-corrected chi connectivity index (χ3v) is 7.31. The molecule has 1 heterocycles. The first-order valence-corrected chi connectivity index (χ1v) is 9.09. The summed E-state index contributed by atoms with van der Waals surface area (Å²) in [5.74, 6) is 0.